The molecule has 0 aromatic heterocycles. The van der Waals surface area contributed by atoms with Gasteiger partial charge in [-0.25, -0.2) is 0 Å². The fraction of sp³-hybridized carbons (Fsp3) is 0.263. The summed E-state index contributed by atoms with van der Waals surface area (Å²) < 4.78 is 5.54. The van der Waals surface area contributed by atoms with Crippen molar-refractivity contribution in [3.8, 4) is 5.75 Å². The lowest BCUT2D eigenvalue weighted by atomic mass is 10.1. The highest BCUT2D eigenvalue weighted by atomic mass is 16.6. The van der Waals surface area contributed by atoms with Crippen LogP contribution < -0.4 is 10.1 Å². The number of rotatable bonds is 8. The first kappa shape index (κ1) is 19.1. The Bertz CT molecular complexity index is 815. The third-order valence-corrected chi connectivity index (χ3v) is 3.85. The average molecular weight is 356 g/mol. The van der Waals surface area contributed by atoms with Gasteiger partial charge in [0, 0.05) is 18.1 Å². The zero-order valence-electron chi connectivity index (χ0n) is 14.7. The predicted octanol–water partition coefficient (Wildman–Crippen LogP) is 3.90. The Morgan fingerprint density at radius 1 is 1.15 bits per heavy atom. The number of anilines is 1. The molecule has 136 valence electrons. The highest BCUT2D eigenvalue weighted by Gasteiger charge is 2.14. The molecule has 0 fully saturated rings. The van der Waals surface area contributed by atoms with E-state index in [0.717, 1.165) is 0 Å². The van der Waals surface area contributed by atoms with Gasteiger partial charge in [0.1, 0.15) is 5.75 Å². The predicted molar refractivity (Wildman–Crippen MR) is 97.6 cm³/mol. The van der Waals surface area contributed by atoms with Gasteiger partial charge in [-0.15, -0.1) is 0 Å². The molecule has 7 nitrogen and oxygen atoms in total. The van der Waals surface area contributed by atoms with Gasteiger partial charge in [0.2, 0.25) is 5.91 Å². The minimum Gasteiger partial charge on any atom is -0.494 e. The zero-order valence-corrected chi connectivity index (χ0v) is 14.7. The van der Waals surface area contributed by atoms with Gasteiger partial charge in [-0.05, 0) is 50.6 Å². The average Bonchev–Trinajstić information content (AvgIpc) is 2.60. The standard InChI is InChI=1S/C19H20N2O5/c1-13-17(5-3-6-18(13)21(24)25)20-19(23)7-4-12-26-16-10-8-15(9-11-16)14(2)22/h3,5-6,8-11H,4,7,12H2,1-2H3,(H,20,23). The van der Waals surface area contributed by atoms with Crippen LogP contribution in [-0.2, 0) is 4.79 Å². The van der Waals surface area contributed by atoms with Gasteiger partial charge in [0.15, 0.2) is 5.78 Å². The van der Waals surface area contributed by atoms with E-state index in [1.165, 1.54) is 19.1 Å². The molecular formula is C19H20N2O5. The van der Waals surface area contributed by atoms with Crippen LogP contribution in [0.2, 0.25) is 0 Å². The maximum absolute atomic E-state index is 12.0. The molecule has 7 heteroatoms. The van der Waals surface area contributed by atoms with E-state index in [2.05, 4.69) is 5.32 Å². The van der Waals surface area contributed by atoms with E-state index in [0.29, 0.717) is 35.6 Å². The van der Waals surface area contributed by atoms with Crippen LogP contribution in [0, 0.1) is 17.0 Å². The molecule has 0 bridgehead atoms. The summed E-state index contributed by atoms with van der Waals surface area (Å²) in [7, 11) is 0. The molecule has 0 aliphatic carbocycles. The first-order chi connectivity index (χ1) is 12.4. The van der Waals surface area contributed by atoms with Crippen molar-refractivity contribution in [2.24, 2.45) is 0 Å². The number of amides is 1. The Kier molecular flexibility index (Phi) is 6.43. The van der Waals surface area contributed by atoms with E-state index in [1.54, 1.807) is 37.3 Å². The molecule has 0 spiro atoms. The van der Waals surface area contributed by atoms with Crippen LogP contribution in [0.15, 0.2) is 42.5 Å². The Morgan fingerprint density at radius 3 is 2.46 bits per heavy atom. The Balaban J connectivity index is 1.80. The summed E-state index contributed by atoms with van der Waals surface area (Å²) in [6.07, 6.45) is 0.724. The van der Waals surface area contributed by atoms with Crippen LogP contribution in [-0.4, -0.2) is 23.2 Å². The van der Waals surface area contributed by atoms with Crippen LogP contribution >= 0.6 is 0 Å². The lowest BCUT2D eigenvalue weighted by Crippen LogP contribution is -2.14. The van der Waals surface area contributed by atoms with Crippen molar-refractivity contribution in [3.63, 3.8) is 0 Å². The second-order valence-electron chi connectivity index (χ2n) is 5.79. The lowest BCUT2D eigenvalue weighted by Gasteiger charge is -2.09. The summed E-state index contributed by atoms with van der Waals surface area (Å²) in [6, 6.07) is 11.4. The van der Waals surface area contributed by atoms with E-state index >= 15 is 0 Å². The Morgan fingerprint density at radius 2 is 1.85 bits per heavy atom. The van der Waals surface area contributed by atoms with Crippen molar-refractivity contribution in [2.45, 2.75) is 26.7 Å². The van der Waals surface area contributed by atoms with Gasteiger partial charge < -0.3 is 10.1 Å². The molecule has 0 radical (unpaired) electrons. The second kappa shape index (κ2) is 8.75. The first-order valence-electron chi connectivity index (χ1n) is 8.16. The van der Waals surface area contributed by atoms with Crippen LogP contribution in [0.4, 0.5) is 11.4 Å². The maximum Gasteiger partial charge on any atom is 0.274 e. The molecule has 1 N–H and O–H groups in total. The molecule has 0 saturated heterocycles. The van der Waals surface area contributed by atoms with E-state index in [9.17, 15) is 19.7 Å². The summed E-state index contributed by atoms with van der Waals surface area (Å²) in [6.45, 7) is 3.44. The van der Waals surface area contributed by atoms with E-state index in [-0.39, 0.29) is 23.8 Å². The van der Waals surface area contributed by atoms with Gasteiger partial charge in [-0.2, -0.15) is 0 Å². The fourth-order valence-electron chi connectivity index (χ4n) is 2.38. The third kappa shape index (κ3) is 5.14. The number of ether oxygens (including phenoxy) is 1. The number of nitro groups is 1. The van der Waals surface area contributed by atoms with Crippen molar-refractivity contribution in [1.29, 1.82) is 0 Å². The molecule has 0 aliphatic heterocycles. The molecule has 26 heavy (non-hydrogen) atoms. The maximum atomic E-state index is 12.0. The van der Waals surface area contributed by atoms with Crippen molar-refractivity contribution in [1.82, 2.24) is 0 Å². The molecule has 0 unspecified atom stereocenters. The second-order valence-corrected chi connectivity index (χ2v) is 5.79. The molecule has 2 rings (SSSR count). The normalized spacial score (nSPS) is 10.2. The van der Waals surface area contributed by atoms with Crippen molar-refractivity contribution in [2.75, 3.05) is 11.9 Å². The smallest absolute Gasteiger partial charge is 0.274 e. The van der Waals surface area contributed by atoms with Crippen LogP contribution in [0.25, 0.3) is 0 Å². The summed E-state index contributed by atoms with van der Waals surface area (Å²) in [5.41, 5.74) is 1.45. The SMILES string of the molecule is CC(=O)c1ccc(OCCCC(=O)Nc2cccc([N+](=O)[O-])c2C)cc1. The lowest BCUT2D eigenvalue weighted by molar-refractivity contribution is -0.385. The number of ketones is 1. The van der Waals surface area contributed by atoms with Gasteiger partial charge >= 0.3 is 0 Å². The largest absolute Gasteiger partial charge is 0.494 e. The number of benzene rings is 2. The highest BCUT2D eigenvalue weighted by molar-refractivity contribution is 5.94. The van der Waals surface area contributed by atoms with Gasteiger partial charge in [-0.1, -0.05) is 6.07 Å². The number of nitro benzene ring substituents is 1. The molecule has 0 atom stereocenters. The van der Waals surface area contributed by atoms with Crippen LogP contribution in [0.5, 0.6) is 5.75 Å². The summed E-state index contributed by atoms with van der Waals surface area (Å²) >= 11 is 0. The molecule has 0 saturated carbocycles. The number of nitrogens with zero attached hydrogens (tertiary/aromatic N) is 1. The fourth-order valence-corrected chi connectivity index (χ4v) is 2.38. The molecule has 1 amide bonds. The number of nitrogens with one attached hydrogen (secondary N) is 1. The minimum atomic E-state index is -0.476. The molecular weight excluding hydrogens is 336 g/mol. The first-order valence-corrected chi connectivity index (χ1v) is 8.16. The monoisotopic (exact) mass is 356 g/mol. The van der Waals surface area contributed by atoms with Crippen molar-refractivity contribution in [3.05, 3.63) is 63.7 Å². The molecule has 2 aromatic carbocycles. The highest BCUT2D eigenvalue weighted by Crippen LogP contribution is 2.25. The van der Waals surface area contributed by atoms with E-state index in [1.807, 2.05) is 0 Å². The topological polar surface area (TPSA) is 98.5 Å². The number of hydrogen-bond donors (Lipinski definition) is 1. The van der Waals surface area contributed by atoms with E-state index < -0.39 is 4.92 Å². The summed E-state index contributed by atoms with van der Waals surface area (Å²) in [4.78, 5) is 33.6. The van der Waals surface area contributed by atoms with Crippen LogP contribution in [0.1, 0.15) is 35.7 Å². The number of carbonyl (C=O) groups is 2. The Labute approximate surface area is 151 Å². The Hall–Kier alpha value is -3.22. The minimum absolute atomic E-state index is 0.00957. The number of hydrogen-bond acceptors (Lipinski definition) is 5. The van der Waals surface area contributed by atoms with E-state index in [4.69, 9.17) is 4.74 Å². The summed E-state index contributed by atoms with van der Waals surface area (Å²) in [5.74, 6) is 0.388. The molecule has 2 aromatic rings. The number of Topliss-reactive ketones (excluding diaryl/α,β-unsaturated/α-hetero) is 1. The number of carbonyl (C=O) groups excluding carboxylic acids is 2. The zero-order chi connectivity index (χ0) is 19.1. The molecule has 0 heterocycles. The van der Waals surface area contributed by atoms with Crippen molar-refractivity contribution < 1.29 is 19.2 Å². The quantitative estimate of drug-likeness (QED) is 0.335. The third-order valence-electron chi connectivity index (χ3n) is 3.85. The summed E-state index contributed by atoms with van der Waals surface area (Å²) in [5, 5.41) is 13.6. The molecule has 0 aliphatic rings. The van der Waals surface area contributed by atoms with Crippen molar-refractivity contribution >= 4 is 23.1 Å². The van der Waals surface area contributed by atoms with Crippen LogP contribution in [0.3, 0.4) is 0 Å². The van der Waals surface area contributed by atoms with Gasteiger partial charge in [0.05, 0.1) is 22.8 Å². The van der Waals surface area contributed by atoms with Gasteiger partial charge in [0.25, 0.3) is 5.69 Å². The van der Waals surface area contributed by atoms with Gasteiger partial charge in [-0.3, -0.25) is 19.7 Å².